The van der Waals surface area contributed by atoms with Crippen LogP contribution in [-0.4, -0.2) is 305 Å². The van der Waals surface area contributed by atoms with Gasteiger partial charge < -0.3 is 114 Å². The average molecular weight is 1840 g/mol. The number of cyclic esters (lactones) is 1. The minimum absolute atomic E-state index is 0.00731. The smallest absolute Gasteiger partial charge is 0.409 e. The highest BCUT2D eigenvalue weighted by atomic mass is 16.6. The average Bonchev–Trinajstić information content (AvgIpc) is 1.62. The molecule has 2 bridgehead atoms. The summed E-state index contributed by atoms with van der Waals surface area (Å²) in [6, 6.07) is 9.54. The number of aliphatic hydroxyl groups excluding tert-OH is 2. The van der Waals surface area contributed by atoms with E-state index in [1.807, 2.05) is 78.1 Å². The number of ether oxygens (including phenoxy) is 11. The number of nitrogen functional groups attached to an aromatic ring is 2. The summed E-state index contributed by atoms with van der Waals surface area (Å²) >= 11 is 0. The molecule has 38 heteroatoms. The maximum absolute atomic E-state index is 14.7. The van der Waals surface area contributed by atoms with E-state index in [4.69, 9.17) is 78.8 Å². The van der Waals surface area contributed by atoms with Gasteiger partial charge in [0.1, 0.15) is 66.2 Å². The number of nitrogens with one attached hydrogen (secondary N) is 1. The summed E-state index contributed by atoms with van der Waals surface area (Å²) < 4.78 is 70.8. The second kappa shape index (κ2) is 48.3. The molecule has 4 fully saturated rings. The molecule has 0 spiro atoms. The first-order valence-electron chi connectivity index (χ1n) is 45.8. The molecule has 2 aromatic carbocycles. The van der Waals surface area contributed by atoms with Crippen molar-refractivity contribution >= 4 is 87.2 Å². The van der Waals surface area contributed by atoms with Crippen LogP contribution < -0.4 is 27.4 Å². The summed E-state index contributed by atoms with van der Waals surface area (Å²) in [5, 5.41) is 42.9. The van der Waals surface area contributed by atoms with Gasteiger partial charge in [-0.3, -0.25) is 24.0 Å². The molecule has 4 amide bonds. The number of alkyl carbamates (subject to hydrolysis) is 1. The Morgan fingerprint density at radius 3 is 2.14 bits per heavy atom. The van der Waals surface area contributed by atoms with Crippen LogP contribution in [0.25, 0.3) is 33.4 Å². The van der Waals surface area contributed by atoms with Gasteiger partial charge in [0.15, 0.2) is 17.0 Å². The van der Waals surface area contributed by atoms with Crippen LogP contribution in [0, 0.1) is 29.6 Å². The van der Waals surface area contributed by atoms with Crippen LogP contribution in [0.3, 0.4) is 0 Å². The first-order chi connectivity index (χ1) is 63.6. The Morgan fingerprint density at radius 1 is 0.712 bits per heavy atom. The van der Waals surface area contributed by atoms with Crippen LogP contribution >= 0.6 is 0 Å². The van der Waals surface area contributed by atoms with Gasteiger partial charge in [-0.05, 0) is 142 Å². The number of amides is 4. The normalized spacial score (nSPS) is 26.4. The fourth-order valence-corrected chi connectivity index (χ4v) is 17.8. The number of anilines is 3. The van der Waals surface area contributed by atoms with Crippen LogP contribution in [0.2, 0.25) is 0 Å². The zero-order valence-electron chi connectivity index (χ0n) is 76.7. The van der Waals surface area contributed by atoms with Crippen LogP contribution in [0.15, 0.2) is 107 Å². The van der Waals surface area contributed by atoms with Gasteiger partial charge >= 0.3 is 18.2 Å². The van der Waals surface area contributed by atoms with Gasteiger partial charge in [0, 0.05) is 121 Å². The van der Waals surface area contributed by atoms with Crippen molar-refractivity contribution in [3.05, 3.63) is 125 Å². The van der Waals surface area contributed by atoms with Crippen molar-refractivity contribution in [3.8, 4) is 11.3 Å². The molecule has 9 heterocycles. The first-order valence-corrected chi connectivity index (χ1v) is 45.8. The van der Waals surface area contributed by atoms with Gasteiger partial charge in [-0.1, -0.05) is 82.4 Å². The number of hydrogen-bond donors (Lipinski definition) is 7. The van der Waals surface area contributed by atoms with Crippen molar-refractivity contribution in [2.45, 2.75) is 199 Å². The summed E-state index contributed by atoms with van der Waals surface area (Å²) in [5.74, 6) is -8.76. The van der Waals surface area contributed by atoms with E-state index in [1.54, 1.807) is 56.1 Å². The number of esters is 1. The largest absolute Gasteiger partial charge is 0.459 e. The number of ketones is 3. The van der Waals surface area contributed by atoms with E-state index < -0.39 is 126 Å². The summed E-state index contributed by atoms with van der Waals surface area (Å²) in [5.41, 5.74) is 26.9. The lowest BCUT2D eigenvalue weighted by Crippen LogP contribution is -2.61. The Labute approximate surface area is 767 Å². The molecule has 6 aromatic rings. The molecule has 0 radical (unpaired) electrons. The molecule has 5 aliphatic heterocycles. The number of piperazine rings is 1. The summed E-state index contributed by atoms with van der Waals surface area (Å²) in [7, 11) is 3.05. The Bertz CT molecular complexity index is 5040. The molecule has 12 rings (SSSR count). The Balaban J connectivity index is 0.496. The zero-order chi connectivity index (χ0) is 94.1. The Kier molecular flexibility index (Phi) is 36.8. The molecule has 10 N–H and O–H groups in total. The maximum atomic E-state index is 14.7. The number of rotatable bonds is 29. The predicted molar refractivity (Wildman–Crippen MR) is 484 cm³/mol. The Morgan fingerprint density at radius 2 is 1.42 bits per heavy atom. The third-order valence-electron chi connectivity index (χ3n) is 25.5. The molecule has 15 atom stereocenters. The van der Waals surface area contributed by atoms with Crippen molar-refractivity contribution in [2.24, 2.45) is 35.3 Å². The fourth-order valence-electron chi connectivity index (χ4n) is 17.8. The molecule has 132 heavy (non-hydrogen) atoms. The number of oxazole rings is 1. The minimum atomic E-state index is -2.52. The molecule has 6 aliphatic rings. The molecule has 1 aliphatic carbocycles. The topological polar surface area (TPSA) is 497 Å². The van der Waals surface area contributed by atoms with Gasteiger partial charge in [-0.2, -0.15) is 10.1 Å². The number of benzene rings is 2. The number of Topliss-reactive ketones (excluding diaryl/α,β-unsaturated/α-hetero) is 3. The maximum Gasteiger partial charge on any atom is 0.409 e. The fraction of sp³-hybridized carbons (Fsp3) is 0.596. The lowest BCUT2D eigenvalue weighted by molar-refractivity contribution is -0.265. The second-order valence-electron chi connectivity index (χ2n) is 35.1. The van der Waals surface area contributed by atoms with E-state index >= 15 is 0 Å². The standard InChI is InChI=1S/C94H129N15O23/c1-57-14-10-9-11-15-58(2)76(121-7)50-69-22-17-62(6)94(120,132-69)84(114)88(116)108-27-13-12-16-72(108)89(117)129-77(51-73(110)59(3)45-61(5)82(112)83(113)81(111)60(4)44-57)70(95)47-63-19-23-75(78(48-63)122-8)131-92(118)98-26-33-123-34-35-124-36-37-125-38-39-126-40-41-127-42-43-128-93(119)106-31-29-105(30-32-106)91-99-52-68(53-100-91)87(115)107-28-25-65-46-64(18-20-67(65)55-107)54-109-86-79(85(96)101-56-102-86)80(104-109)66-21-24-74-71(49-66)103-90(97)130-74/h9-11,14-15,18,20-21,24,45-46,49,52-53,56-57,59-60,62-63,69-70,72,75-78,82-83,112-113,120H,12-13,16-17,19,22-23,25-44,47-48,50-51,54-55,95H2,1-8H3,(H2,97,103)(H,98,118)(H2,96,101,102)/b11-9?,14-10+,58-15?,61-45+/t57-,59-,60-,62-,63+,69+,70-,72+,75-,76+,77+,78-,82-,83+,94-/m1/s1. The molecule has 4 aromatic heterocycles. The van der Waals surface area contributed by atoms with E-state index in [9.17, 15) is 53.7 Å². The van der Waals surface area contributed by atoms with Crippen LogP contribution in [0.5, 0.6) is 0 Å². The first kappa shape index (κ1) is 100. The number of nitrogens with two attached hydrogens (primary N) is 3. The number of carbonyl (C=O) groups excluding carboxylic acids is 8. The van der Waals surface area contributed by atoms with Crippen molar-refractivity contribution in [1.82, 2.24) is 54.7 Å². The number of nitrogens with zero attached hydrogens (tertiary/aromatic N) is 11. The SMILES string of the molecule is CO[C@H]1C[C@@H]2CC[C@@H](C)[C@@](O)(O2)C(=O)C(=O)N2CCCC[C@H]2C(=O)O[C@H]([C@H](N)C[C@@H]2CC[C@@H](OC(=O)NCCOCCOCCOCCOCCOCCOC(=O)N3CCN(c4ncc(C(=O)N5CCc6cc(Cn7nc(-c8ccc9oc(N)nc9c8)c8c(N)ncnc87)ccc6C5)cn4)CC3)[C@H](OC)C2)CC(=O)[C@H](C)/C=C(\C)[C@@H](O)[C@@H](O)C(=O)[C@H](C)C[C@H](C)/C=C/C=CC=C1C. The van der Waals surface area contributed by atoms with E-state index in [-0.39, 0.29) is 94.7 Å². The molecule has 718 valence electrons. The Hall–Kier alpha value is -10.6. The number of aromatic nitrogens is 7. The van der Waals surface area contributed by atoms with E-state index in [0.29, 0.717) is 188 Å². The van der Waals surface area contributed by atoms with E-state index in [2.05, 4.69) is 36.3 Å². The van der Waals surface area contributed by atoms with Gasteiger partial charge in [-0.25, -0.2) is 39.0 Å². The van der Waals surface area contributed by atoms with Crippen LogP contribution in [0.4, 0.5) is 27.4 Å². The van der Waals surface area contributed by atoms with Crippen LogP contribution in [0.1, 0.15) is 146 Å². The number of allylic oxidation sites excluding steroid dienone is 6. The van der Waals surface area contributed by atoms with Crippen molar-refractivity contribution < 1.29 is 110 Å². The van der Waals surface area contributed by atoms with Crippen LogP contribution in [-0.2, 0) is 95.6 Å². The monoisotopic (exact) mass is 1840 g/mol. The van der Waals surface area contributed by atoms with Crippen molar-refractivity contribution in [3.63, 3.8) is 0 Å². The number of methoxy groups -OCH3 is 2. The summed E-state index contributed by atoms with van der Waals surface area (Å²) in [6.07, 6.45) is 11.4. The van der Waals surface area contributed by atoms with Crippen molar-refractivity contribution in [2.75, 3.05) is 149 Å². The molecule has 3 saturated heterocycles. The summed E-state index contributed by atoms with van der Waals surface area (Å²) in [4.78, 5) is 140. The lowest BCUT2D eigenvalue weighted by atomic mass is 9.80. The molecular formula is C94H129N15O23. The summed E-state index contributed by atoms with van der Waals surface area (Å²) in [6.45, 7) is 16.4. The third-order valence-corrected chi connectivity index (χ3v) is 25.5. The molecular weight excluding hydrogens is 1710 g/mol. The molecule has 1 saturated carbocycles. The zero-order valence-corrected chi connectivity index (χ0v) is 76.7. The quantitative estimate of drug-likeness (QED) is 0.00806. The van der Waals surface area contributed by atoms with Crippen molar-refractivity contribution in [1.29, 1.82) is 0 Å². The second-order valence-corrected chi connectivity index (χ2v) is 35.1. The number of fused-ring (bicyclic) bond motifs is 6. The van der Waals surface area contributed by atoms with Gasteiger partial charge in [-0.15, -0.1) is 0 Å². The third kappa shape index (κ3) is 26.7. The lowest BCUT2D eigenvalue weighted by Gasteiger charge is -2.42. The highest BCUT2D eigenvalue weighted by Crippen LogP contribution is 2.39. The number of hydrogen-bond acceptors (Lipinski definition) is 33. The highest BCUT2D eigenvalue weighted by Gasteiger charge is 2.53. The van der Waals surface area contributed by atoms with Gasteiger partial charge in [0.25, 0.3) is 23.6 Å². The molecule has 0 unspecified atom stereocenters. The number of piperidine rings is 1. The number of carbonyl (C=O) groups is 8. The minimum Gasteiger partial charge on any atom is -0.459 e. The number of aliphatic hydroxyl groups is 3. The molecule has 38 nitrogen and oxygen atoms in total. The van der Waals surface area contributed by atoms with E-state index in [1.165, 1.54) is 26.4 Å². The van der Waals surface area contributed by atoms with Gasteiger partial charge in [0.2, 0.25) is 11.7 Å². The van der Waals surface area contributed by atoms with Gasteiger partial charge in [0.05, 0.1) is 102 Å². The predicted octanol–water partition coefficient (Wildman–Crippen LogP) is 7.14. The van der Waals surface area contributed by atoms with E-state index in [0.717, 1.165) is 32.7 Å². The highest BCUT2D eigenvalue weighted by molar-refractivity contribution is 6.39.